The van der Waals surface area contributed by atoms with Crippen molar-refractivity contribution in [3.05, 3.63) is 45.0 Å². The topological polar surface area (TPSA) is 65.2 Å². The SMILES string of the molecule is COC(=O)c1ccc(N)c(-c2cc(Cl)c(Cl)cc2Cl)n1. The third-order valence-electron chi connectivity index (χ3n) is 2.59. The van der Waals surface area contributed by atoms with E-state index in [0.717, 1.165) is 0 Å². The molecule has 0 aliphatic rings. The van der Waals surface area contributed by atoms with E-state index < -0.39 is 5.97 Å². The number of anilines is 1. The van der Waals surface area contributed by atoms with Gasteiger partial charge in [-0.1, -0.05) is 34.8 Å². The molecule has 0 aliphatic carbocycles. The molecule has 7 heteroatoms. The zero-order valence-corrected chi connectivity index (χ0v) is 12.6. The molecule has 0 unspecified atom stereocenters. The number of pyridine rings is 1. The van der Waals surface area contributed by atoms with E-state index in [1.807, 2.05) is 0 Å². The Hall–Kier alpha value is -1.49. The smallest absolute Gasteiger partial charge is 0.356 e. The average Bonchev–Trinajstić information content (AvgIpc) is 2.43. The Morgan fingerprint density at radius 2 is 1.80 bits per heavy atom. The van der Waals surface area contributed by atoms with E-state index in [1.165, 1.54) is 19.2 Å². The second-order valence-electron chi connectivity index (χ2n) is 3.87. The fourth-order valence-electron chi connectivity index (χ4n) is 1.61. The van der Waals surface area contributed by atoms with Gasteiger partial charge in [0.05, 0.1) is 33.6 Å². The molecule has 0 fully saturated rings. The molecule has 0 aliphatic heterocycles. The maximum Gasteiger partial charge on any atom is 0.356 e. The monoisotopic (exact) mass is 330 g/mol. The van der Waals surface area contributed by atoms with Crippen LogP contribution in [-0.4, -0.2) is 18.1 Å². The summed E-state index contributed by atoms with van der Waals surface area (Å²) in [5.74, 6) is -0.567. The Labute approximate surface area is 130 Å². The van der Waals surface area contributed by atoms with Gasteiger partial charge in [-0.15, -0.1) is 0 Å². The van der Waals surface area contributed by atoms with Gasteiger partial charge in [-0.05, 0) is 24.3 Å². The lowest BCUT2D eigenvalue weighted by Gasteiger charge is -2.10. The summed E-state index contributed by atoms with van der Waals surface area (Å²) in [4.78, 5) is 15.7. The van der Waals surface area contributed by atoms with Gasteiger partial charge < -0.3 is 10.5 Å². The number of ether oxygens (including phenoxy) is 1. The minimum absolute atomic E-state index is 0.124. The molecule has 1 aromatic carbocycles. The second kappa shape index (κ2) is 5.87. The first-order valence-electron chi connectivity index (χ1n) is 5.43. The van der Waals surface area contributed by atoms with Crippen molar-refractivity contribution < 1.29 is 9.53 Å². The molecular formula is C13H9Cl3N2O2. The van der Waals surface area contributed by atoms with Crippen LogP contribution in [0.25, 0.3) is 11.3 Å². The van der Waals surface area contributed by atoms with Gasteiger partial charge in [0.1, 0.15) is 5.69 Å². The van der Waals surface area contributed by atoms with E-state index in [1.54, 1.807) is 12.1 Å². The van der Waals surface area contributed by atoms with Gasteiger partial charge in [0.2, 0.25) is 0 Å². The van der Waals surface area contributed by atoms with Crippen molar-refractivity contribution in [2.45, 2.75) is 0 Å². The summed E-state index contributed by atoms with van der Waals surface area (Å²) in [6.45, 7) is 0. The molecule has 20 heavy (non-hydrogen) atoms. The summed E-state index contributed by atoms with van der Waals surface area (Å²) in [6.07, 6.45) is 0. The van der Waals surface area contributed by atoms with Crippen molar-refractivity contribution in [3.63, 3.8) is 0 Å². The molecule has 0 spiro atoms. The van der Waals surface area contributed by atoms with Gasteiger partial charge in [0.25, 0.3) is 0 Å². The number of carbonyl (C=O) groups excluding carboxylic acids is 1. The van der Waals surface area contributed by atoms with E-state index in [4.69, 9.17) is 40.5 Å². The van der Waals surface area contributed by atoms with Crippen molar-refractivity contribution in [1.82, 2.24) is 4.98 Å². The Kier molecular flexibility index (Phi) is 4.38. The number of nitrogen functional groups attached to an aromatic ring is 1. The Morgan fingerprint density at radius 3 is 2.45 bits per heavy atom. The first-order chi connectivity index (χ1) is 9.43. The maximum atomic E-state index is 11.5. The molecule has 0 amide bonds. The van der Waals surface area contributed by atoms with Gasteiger partial charge in [-0.25, -0.2) is 9.78 Å². The van der Waals surface area contributed by atoms with E-state index in [0.29, 0.717) is 32.0 Å². The van der Waals surface area contributed by atoms with E-state index in [-0.39, 0.29) is 5.69 Å². The number of methoxy groups -OCH3 is 1. The highest BCUT2D eigenvalue weighted by Gasteiger charge is 2.15. The van der Waals surface area contributed by atoms with Crippen LogP contribution in [0.3, 0.4) is 0 Å². The van der Waals surface area contributed by atoms with Crippen LogP contribution in [0, 0.1) is 0 Å². The molecule has 1 heterocycles. The van der Waals surface area contributed by atoms with Crippen LogP contribution in [0.5, 0.6) is 0 Å². The molecule has 2 rings (SSSR count). The second-order valence-corrected chi connectivity index (χ2v) is 5.09. The zero-order valence-electron chi connectivity index (χ0n) is 10.3. The first kappa shape index (κ1) is 14.9. The zero-order chi connectivity index (χ0) is 14.9. The molecule has 104 valence electrons. The molecule has 2 aromatic rings. The fraction of sp³-hybridized carbons (Fsp3) is 0.0769. The molecule has 0 bridgehead atoms. The van der Waals surface area contributed by atoms with E-state index in [2.05, 4.69) is 9.72 Å². The molecule has 1 aromatic heterocycles. The van der Waals surface area contributed by atoms with Crippen LogP contribution in [0.2, 0.25) is 15.1 Å². The molecule has 0 radical (unpaired) electrons. The summed E-state index contributed by atoms with van der Waals surface area (Å²) in [5.41, 5.74) is 7.19. The summed E-state index contributed by atoms with van der Waals surface area (Å²) >= 11 is 18.0. The average molecular weight is 332 g/mol. The standard InChI is InChI=1S/C13H9Cl3N2O2/c1-20-13(19)11-3-2-10(17)12(18-11)6-4-8(15)9(16)5-7(6)14/h2-5H,17H2,1H3. The largest absolute Gasteiger partial charge is 0.464 e. The highest BCUT2D eigenvalue weighted by Crippen LogP contribution is 2.36. The maximum absolute atomic E-state index is 11.5. The Morgan fingerprint density at radius 1 is 1.15 bits per heavy atom. The van der Waals surface area contributed by atoms with Crippen molar-refractivity contribution in [2.75, 3.05) is 12.8 Å². The van der Waals surface area contributed by atoms with Crippen LogP contribution in [0.4, 0.5) is 5.69 Å². The van der Waals surface area contributed by atoms with Gasteiger partial charge in [-0.3, -0.25) is 0 Å². The highest BCUT2D eigenvalue weighted by atomic mass is 35.5. The van der Waals surface area contributed by atoms with Crippen molar-refractivity contribution in [3.8, 4) is 11.3 Å². The number of esters is 1. The number of benzene rings is 1. The number of nitrogens with two attached hydrogens (primary N) is 1. The van der Waals surface area contributed by atoms with Gasteiger partial charge in [-0.2, -0.15) is 0 Å². The normalized spacial score (nSPS) is 10.4. The highest BCUT2D eigenvalue weighted by molar-refractivity contribution is 6.44. The number of aromatic nitrogens is 1. The minimum Gasteiger partial charge on any atom is -0.464 e. The fourth-order valence-corrected chi connectivity index (χ4v) is 2.24. The van der Waals surface area contributed by atoms with Crippen LogP contribution < -0.4 is 5.73 Å². The van der Waals surface area contributed by atoms with Crippen LogP contribution >= 0.6 is 34.8 Å². The number of carbonyl (C=O) groups is 1. The lowest BCUT2D eigenvalue weighted by molar-refractivity contribution is 0.0594. The number of halogens is 3. The van der Waals surface area contributed by atoms with Crippen molar-refractivity contribution >= 4 is 46.5 Å². The minimum atomic E-state index is -0.567. The number of nitrogens with zero attached hydrogens (tertiary/aromatic N) is 1. The summed E-state index contributed by atoms with van der Waals surface area (Å²) in [5, 5.41) is 0.972. The number of hydrogen-bond donors (Lipinski definition) is 1. The summed E-state index contributed by atoms with van der Waals surface area (Å²) in [6, 6.07) is 6.06. The van der Waals surface area contributed by atoms with Gasteiger partial charge in [0.15, 0.2) is 0 Å². The predicted molar refractivity (Wildman–Crippen MR) is 80.5 cm³/mol. The third-order valence-corrected chi connectivity index (χ3v) is 3.62. The first-order valence-corrected chi connectivity index (χ1v) is 6.57. The van der Waals surface area contributed by atoms with E-state index in [9.17, 15) is 4.79 Å². The number of rotatable bonds is 2. The molecule has 0 saturated heterocycles. The summed E-state index contributed by atoms with van der Waals surface area (Å²) < 4.78 is 4.62. The van der Waals surface area contributed by atoms with Gasteiger partial charge >= 0.3 is 5.97 Å². The Balaban J connectivity index is 2.63. The van der Waals surface area contributed by atoms with Crippen molar-refractivity contribution in [1.29, 1.82) is 0 Å². The number of hydrogen-bond acceptors (Lipinski definition) is 4. The molecule has 0 atom stereocenters. The van der Waals surface area contributed by atoms with Crippen molar-refractivity contribution in [2.24, 2.45) is 0 Å². The van der Waals surface area contributed by atoms with Crippen LogP contribution in [0.1, 0.15) is 10.5 Å². The predicted octanol–water partition coefficient (Wildman–Crippen LogP) is 4.08. The summed E-state index contributed by atoms with van der Waals surface area (Å²) in [7, 11) is 1.27. The van der Waals surface area contributed by atoms with Crippen LogP contribution in [0.15, 0.2) is 24.3 Å². The van der Waals surface area contributed by atoms with Crippen LogP contribution in [-0.2, 0) is 4.74 Å². The quantitative estimate of drug-likeness (QED) is 0.665. The Bertz CT molecular complexity index is 690. The molecular weight excluding hydrogens is 323 g/mol. The lowest BCUT2D eigenvalue weighted by atomic mass is 10.1. The molecule has 2 N–H and O–H groups in total. The van der Waals surface area contributed by atoms with E-state index >= 15 is 0 Å². The third kappa shape index (κ3) is 2.82. The lowest BCUT2D eigenvalue weighted by Crippen LogP contribution is -2.06. The molecule has 4 nitrogen and oxygen atoms in total. The van der Waals surface area contributed by atoms with Gasteiger partial charge in [0, 0.05) is 5.56 Å². The molecule has 0 saturated carbocycles.